The van der Waals surface area contributed by atoms with Crippen LogP contribution in [0, 0.1) is 11.6 Å². The Morgan fingerprint density at radius 2 is 1.88 bits per heavy atom. The monoisotopic (exact) mass is 592 g/mol. The highest BCUT2D eigenvalue weighted by Crippen LogP contribution is 2.36. The average Bonchev–Trinajstić information content (AvgIpc) is 3.72. The van der Waals surface area contributed by atoms with Gasteiger partial charge in [0.2, 0.25) is 0 Å². The number of methoxy groups -OCH3 is 2. The van der Waals surface area contributed by atoms with E-state index in [1.165, 1.54) is 33.3 Å². The quantitative estimate of drug-likeness (QED) is 0.251. The summed E-state index contributed by atoms with van der Waals surface area (Å²) in [5.74, 6) is -1.56. The Bertz CT molecular complexity index is 1750. The van der Waals surface area contributed by atoms with Gasteiger partial charge in [0.1, 0.15) is 11.4 Å². The van der Waals surface area contributed by atoms with E-state index in [1.807, 2.05) is 11.0 Å². The SMILES string of the molecule is COc1cc(F)c(F)c(C[C@H](C)Nc2cc[nH]c(=O)c2-c2nc3cc4c(cc3[nH]2)CN(CCN2CCCC2)C4=O)c1OC. The largest absolute Gasteiger partial charge is 0.493 e. The van der Waals surface area contributed by atoms with Gasteiger partial charge >= 0.3 is 0 Å². The number of nitrogens with zero attached hydrogens (tertiary/aromatic N) is 3. The van der Waals surface area contributed by atoms with E-state index in [0.717, 1.165) is 31.3 Å². The summed E-state index contributed by atoms with van der Waals surface area (Å²) in [7, 11) is 2.72. The van der Waals surface area contributed by atoms with E-state index in [1.54, 1.807) is 19.1 Å². The number of hydrogen-bond donors (Lipinski definition) is 3. The second-order valence-electron chi connectivity index (χ2n) is 11.1. The molecule has 1 saturated heterocycles. The van der Waals surface area contributed by atoms with Gasteiger partial charge < -0.3 is 34.6 Å². The van der Waals surface area contributed by atoms with E-state index in [2.05, 4.69) is 25.2 Å². The summed E-state index contributed by atoms with van der Waals surface area (Å²) in [4.78, 5) is 41.1. The fourth-order valence-electron chi connectivity index (χ4n) is 6.10. The lowest BCUT2D eigenvalue weighted by molar-refractivity contribution is 0.0763. The molecule has 12 heteroatoms. The molecule has 2 aromatic heterocycles. The molecule has 10 nitrogen and oxygen atoms in total. The highest BCUT2D eigenvalue weighted by Gasteiger charge is 2.29. The van der Waals surface area contributed by atoms with Crippen LogP contribution in [0.15, 0.2) is 35.3 Å². The molecule has 0 radical (unpaired) electrons. The zero-order valence-corrected chi connectivity index (χ0v) is 24.4. The van der Waals surface area contributed by atoms with Gasteiger partial charge in [-0.1, -0.05) is 0 Å². The number of carbonyl (C=O) groups excluding carboxylic acids is 1. The van der Waals surface area contributed by atoms with Crippen molar-refractivity contribution in [1.82, 2.24) is 24.8 Å². The fourth-order valence-corrected chi connectivity index (χ4v) is 6.10. The van der Waals surface area contributed by atoms with Crippen LogP contribution in [0.3, 0.4) is 0 Å². The molecule has 0 spiro atoms. The molecule has 4 heterocycles. The number of imidazole rings is 1. The molecule has 6 rings (SSSR count). The third kappa shape index (κ3) is 5.42. The van der Waals surface area contributed by atoms with Crippen molar-refractivity contribution in [3.05, 3.63) is 69.1 Å². The number of fused-ring (bicyclic) bond motifs is 2. The third-order valence-corrected chi connectivity index (χ3v) is 8.23. The van der Waals surface area contributed by atoms with Gasteiger partial charge in [0, 0.05) is 49.1 Å². The number of H-pyrrole nitrogens is 2. The number of aromatic amines is 2. The molecular formula is C31H34F2N6O4. The van der Waals surface area contributed by atoms with Gasteiger partial charge in [-0.3, -0.25) is 9.59 Å². The molecule has 0 aliphatic carbocycles. The molecule has 43 heavy (non-hydrogen) atoms. The molecule has 1 fully saturated rings. The van der Waals surface area contributed by atoms with E-state index in [4.69, 9.17) is 9.47 Å². The van der Waals surface area contributed by atoms with Crippen molar-refractivity contribution in [3.8, 4) is 22.9 Å². The lowest BCUT2D eigenvalue weighted by Gasteiger charge is -2.20. The zero-order chi connectivity index (χ0) is 30.2. The molecule has 2 aliphatic rings. The Labute approximate surface area is 247 Å². The molecule has 2 aliphatic heterocycles. The van der Waals surface area contributed by atoms with E-state index >= 15 is 0 Å². The van der Waals surface area contributed by atoms with Gasteiger partial charge in [0.25, 0.3) is 11.5 Å². The van der Waals surface area contributed by atoms with E-state index in [9.17, 15) is 18.4 Å². The van der Waals surface area contributed by atoms with Crippen molar-refractivity contribution in [2.24, 2.45) is 0 Å². The van der Waals surface area contributed by atoms with Gasteiger partial charge in [-0.25, -0.2) is 13.8 Å². The Morgan fingerprint density at radius 3 is 2.63 bits per heavy atom. The molecule has 3 N–H and O–H groups in total. The molecule has 2 aromatic carbocycles. The van der Waals surface area contributed by atoms with Crippen molar-refractivity contribution >= 4 is 22.6 Å². The maximum absolute atomic E-state index is 14.8. The minimum atomic E-state index is -1.04. The summed E-state index contributed by atoms with van der Waals surface area (Å²) in [6, 6.07) is 5.88. The minimum Gasteiger partial charge on any atom is -0.493 e. The van der Waals surface area contributed by atoms with Crippen LogP contribution in [0.4, 0.5) is 14.5 Å². The van der Waals surface area contributed by atoms with Crippen LogP contribution in [-0.4, -0.2) is 77.1 Å². The van der Waals surface area contributed by atoms with Crippen molar-refractivity contribution in [2.75, 3.05) is 45.7 Å². The number of aromatic nitrogens is 3. The maximum Gasteiger partial charge on any atom is 0.261 e. The van der Waals surface area contributed by atoms with Gasteiger partial charge in [-0.15, -0.1) is 0 Å². The summed E-state index contributed by atoms with van der Waals surface area (Å²) in [6.45, 7) is 6.05. The number of anilines is 1. The topological polar surface area (TPSA) is 116 Å². The average molecular weight is 593 g/mol. The predicted octanol–water partition coefficient (Wildman–Crippen LogP) is 4.31. The van der Waals surface area contributed by atoms with Crippen LogP contribution in [0.5, 0.6) is 11.5 Å². The van der Waals surface area contributed by atoms with E-state index in [0.29, 0.717) is 41.2 Å². The summed E-state index contributed by atoms with van der Waals surface area (Å²) in [5, 5.41) is 3.24. The van der Waals surface area contributed by atoms with Crippen LogP contribution in [0.25, 0.3) is 22.4 Å². The first-order valence-electron chi connectivity index (χ1n) is 14.4. The number of likely N-dealkylation sites (tertiary alicyclic amines) is 1. The fraction of sp³-hybridized carbons (Fsp3) is 0.387. The second-order valence-corrected chi connectivity index (χ2v) is 11.1. The Balaban J connectivity index is 1.25. The smallest absolute Gasteiger partial charge is 0.261 e. The summed E-state index contributed by atoms with van der Waals surface area (Å²) >= 11 is 0. The molecule has 0 saturated carbocycles. The predicted molar refractivity (Wildman–Crippen MR) is 159 cm³/mol. The van der Waals surface area contributed by atoms with Gasteiger partial charge in [0.15, 0.2) is 23.1 Å². The van der Waals surface area contributed by atoms with Crippen LogP contribution >= 0.6 is 0 Å². The second kappa shape index (κ2) is 11.7. The Morgan fingerprint density at radius 1 is 1.09 bits per heavy atom. The summed E-state index contributed by atoms with van der Waals surface area (Å²) < 4.78 is 39.6. The lowest BCUT2D eigenvalue weighted by atomic mass is 10.0. The van der Waals surface area contributed by atoms with Crippen molar-refractivity contribution in [1.29, 1.82) is 0 Å². The number of hydrogen-bond acceptors (Lipinski definition) is 7. The minimum absolute atomic E-state index is 0.00831. The molecular weight excluding hydrogens is 558 g/mol. The first-order chi connectivity index (χ1) is 20.8. The summed E-state index contributed by atoms with van der Waals surface area (Å²) in [5.41, 5.74) is 3.18. The molecule has 1 amide bonds. The lowest BCUT2D eigenvalue weighted by Crippen LogP contribution is -2.33. The number of pyridine rings is 1. The van der Waals surface area contributed by atoms with Crippen LogP contribution in [-0.2, 0) is 13.0 Å². The zero-order valence-electron chi connectivity index (χ0n) is 24.4. The van der Waals surface area contributed by atoms with Gasteiger partial charge in [0.05, 0.1) is 30.9 Å². The number of carbonyl (C=O) groups is 1. The van der Waals surface area contributed by atoms with Crippen molar-refractivity contribution < 1.29 is 23.0 Å². The number of rotatable bonds is 10. The highest BCUT2D eigenvalue weighted by molar-refractivity contribution is 6.02. The van der Waals surface area contributed by atoms with Crippen LogP contribution in [0.2, 0.25) is 0 Å². The van der Waals surface area contributed by atoms with Gasteiger partial charge in [-0.2, -0.15) is 0 Å². The first kappa shape index (κ1) is 28.7. The molecule has 226 valence electrons. The molecule has 1 atom stereocenters. The normalized spacial score (nSPS) is 15.7. The Kier molecular flexibility index (Phi) is 7.78. The van der Waals surface area contributed by atoms with Crippen molar-refractivity contribution in [2.45, 2.75) is 38.8 Å². The standard InChI is InChI=1S/C31H34F2N6O4/c1-17(12-20-27(33)21(32)15-25(42-2)28(20)43-3)35-22-6-7-34-30(40)26(22)29-36-23-13-18-16-39(11-10-38-8-4-5-9-38)31(41)19(18)14-24(23)37-29/h6-7,13-15,17H,4-5,8-12,16H2,1-3H3,(H,36,37)(H2,34,35,40)/t17-/m0/s1. The highest BCUT2D eigenvalue weighted by atomic mass is 19.2. The van der Waals surface area contributed by atoms with E-state index in [-0.39, 0.29) is 40.5 Å². The first-order valence-corrected chi connectivity index (χ1v) is 14.4. The molecule has 4 aromatic rings. The summed E-state index contributed by atoms with van der Waals surface area (Å²) in [6.07, 6.45) is 3.96. The van der Waals surface area contributed by atoms with Gasteiger partial charge in [-0.05, 0) is 63.0 Å². The van der Waals surface area contributed by atoms with E-state index < -0.39 is 17.7 Å². The number of nitrogens with one attached hydrogen (secondary N) is 3. The Hall–Kier alpha value is -4.45. The number of ether oxygens (including phenoxy) is 2. The van der Waals surface area contributed by atoms with Crippen LogP contribution in [0.1, 0.15) is 41.3 Å². The number of benzene rings is 2. The maximum atomic E-state index is 14.8. The van der Waals surface area contributed by atoms with Crippen molar-refractivity contribution in [3.63, 3.8) is 0 Å². The van der Waals surface area contributed by atoms with Crippen LogP contribution < -0.4 is 20.3 Å². The molecule has 0 unspecified atom stereocenters. The number of amides is 1. The third-order valence-electron chi connectivity index (χ3n) is 8.23. The molecule has 0 bridgehead atoms. The number of halogens is 2.